The fourth-order valence-electron chi connectivity index (χ4n) is 2.83. The number of piperidine rings is 1. The average Bonchev–Trinajstić information content (AvgIpc) is 2.47. The second-order valence-corrected chi connectivity index (χ2v) is 5.32. The van der Waals surface area contributed by atoms with Crippen molar-refractivity contribution in [3.8, 4) is 5.75 Å². The molecule has 1 aromatic rings. The van der Waals surface area contributed by atoms with Crippen molar-refractivity contribution in [2.75, 3.05) is 13.7 Å². The van der Waals surface area contributed by atoms with E-state index < -0.39 is 0 Å². The average molecular weight is 277 g/mol. The highest BCUT2D eigenvalue weighted by Crippen LogP contribution is 2.25. The molecule has 3 N–H and O–H groups in total. The first kappa shape index (κ1) is 14.7. The number of hydrogen-bond donors (Lipinski definition) is 2. The van der Waals surface area contributed by atoms with Crippen LogP contribution in [0, 0.1) is 6.92 Å². The van der Waals surface area contributed by atoms with Crippen molar-refractivity contribution in [3.63, 3.8) is 0 Å². The molecule has 0 aliphatic carbocycles. The van der Waals surface area contributed by atoms with Crippen molar-refractivity contribution >= 4 is 5.84 Å². The van der Waals surface area contributed by atoms with Gasteiger partial charge in [0.05, 0.1) is 13.2 Å². The molecule has 0 bridgehead atoms. The highest BCUT2D eigenvalue weighted by Gasteiger charge is 2.26. The van der Waals surface area contributed by atoms with Gasteiger partial charge in [0.2, 0.25) is 0 Å². The van der Waals surface area contributed by atoms with Crippen molar-refractivity contribution in [1.29, 1.82) is 0 Å². The second-order valence-electron chi connectivity index (χ2n) is 5.32. The summed E-state index contributed by atoms with van der Waals surface area (Å²) in [6.45, 7) is 3.78. The number of ether oxygens (including phenoxy) is 1. The molecule has 1 aliphatic heterocycles. The molecule has 0 aromatic heterocycles. The third-order valence-corrected chi connectivity index (χ3v) is 3.88. The molecule has 1 aliphatic rings. The molecule has 110 valence electrons. The molecule has 1 atom stereocenters. The molecule has 5 nitrogen and oxygen atoms in total. The number of nitrogens with two attached hydrogens (primary N) is 1. The van der Waals surface area contributed by atoms with E-state index in [0.717, 1.165) is 43.7 Å². The van der Waals surface area contributed by atoms with Gasteiger partial charge in [-0.25, -0.2) is 0 Å². The number of nitrogens with zero attached hydrogens (tertiary/aromatic N) is 2. The maximum Gasteiger partial charge on any atom is 0.156 e. The topological polar surface area (TPSA) is 71.1 Å². The van der Waals surface area contributed by atoms with Crippen molar-refractivity contribution in [1.82, 2.24) is 4.90 Å². The van der Waals surface area contributed by atoms with Gasteiger partial charge in [0.1, 0.15) is 5.75 Å². The number of rotatable bonds is 4. The first-order valence-electron chi connectivity index (χ1n) is 7.00. The van der Waals surface area contributed by atoms with Gasteiger partial charge in [0.15, 0.2) is 5.84 Å². The summed E-state index contributed by atoms with van der Waals surface area (Å²) in [5.41, 5.74) is 8.17. The van der Waals surface area contributed by atoms with Crippen LogP contribution in [0.4, 0.5) is 0 Å². The molecule has 0 spiro atoms. The lowest BCUT2D eigenvalue weighted by molar-refractivity contribution is 0.176. The summed E-state index contributed by atoms with van der Waals surface area (Å²) in [5.74, 6) is 1.19. The fourth-order valence-corrected chi connectivity index (χ4v) is 2.83. The minimum absolute atomic E-state index is 0.0129. The zero-order valence-corrected chi connectivity index (χ0v) is 12.2. The van der Waals surface area contributed by atoms with Crippen LogP contribution in [0.1, 0.15) is 30.4 Å². The van der Waals surface area contributed by atoms with Crippen LogP contribution in [0.2, 0.25) is 0 Å². The van der Waals surface area contributed by atoms with E-state index in [1.165, 1.54) is 5.56 Å². The van der Waals surface area contributed by atoms with Crippen LogP contribution in [-0.2, 0) is 6.54 Å². The van der Waals surface area contributed by atoms with Crippen molar-refractivity contribution in [2.24, 2.45) is 10.9 Å². The number of amidine groups is 1. The van der Waals surface area contributed by atoms with Crippen LogP contribution in [0.5, 0.6) is 5.75 Å². The van der Waals surface area contributed by atoms with Crippen molar-refractivity contribution < 1.29 is 9.94 Å². The predicted molar refractivity (Wildman–Crippen MR) is 79.2 cm³/mol. The number of likely N-dealkylation sites (tertiary alicyclic amines) is 1. The zero-order valence-electron chi connectivity index (χ0n) is 12.2. The molecule has 2 rings (SSSR count). The number of hydrogen-bond acceptors (Lipinski definition) is 4. The van der Waals surface area contributed by atoms with Gasteiger partial charge in [-0.1, -0.05) is 29.3 Å². The minimum atomic E-state index is 0.0129. The smallest absolute Gasteiger partial charge is 0.156 e. The Balaban J connectivity index is 2.20. The van der Waals surface area contributed by atoms with Gasteiger partial charge in [-0.05, 0) is 32.4 Å². The summed E-state index contributed by atoms with van der Waals surface area (Å²) in [6.07, 6.45) is 3.19. The molecule has 1 fully saturated rings. The molecule has 1 saturated heterocycles. The van der Waals surface area contributed by atoms with E-state index >= 15 is 0 Å². The number of benzene rings is 1. The maximum atomic E-state index is 8.93. The molecular formula is C15H23N3O2. The van der Waals surface area contributed by atoms with Gasteiger partial charge in [0, 0.05) is 12.1 Å². The standard InChI is InChI=1S/C15H23N3O2/c1-11-6-7-14(20-2)12(9-11)10-18-8-4-3-5-13(18)15(16)17-19/h6-7,9,13,19H,3-5,8,10H2,1-2H3,(H2,16,17). The van der Waals surface area contributed by atoms with Gasteiger partial charge in [-0.2, -0.15) is 0 Å². The molecule has 20 heavy (non-hydrogen) atoms. The monoisotopic (exact) mass is 277 g/mol. The summed E-state index contributed by atoms with van der Waals surface area (Å²) < 4.78 is 5.43. The van der Waals surface area contributed by atoms with E-state index in [1.54, 1.807) is 7.11 Å². The molecule has 0 radical (unpaired) electrons. The Bertz CT molecular complexity index is 488. The first-order valence-corrected chi connectivity index (χ1v) is 7.00. The Kier molecular flexibility index (Phi) is 4.84. The summed E-state index contributed by atoms with van der Waals surface area (Å²) in [7, 11) is 1.69. The van der Waals surface area contributed by atoms with Crippen LogP contribution >= 0.6 is 0 Å². The van der Waals surface area contributed by atoms with E-state index in [2.05, 4.69) is 23.0 Å². The fraction of sp³-hybridized carbons (Fsp3) is 0.533. The minimum Gasteiger partial charge on any atom is -0.496 e. The maximum absolute atomic E-state index is 8.93. The van der Waals surface area contributed by atoms with Crippen LogP contribution in [0.25, 0.3) is 0 Å². The molecule has 1 unspecified atom stereocenters. The van der Waals surface area contributed by atoms with E-state index in [9.17, 15) is 0 Å². The molecule has 1 heterocycles. The summed E-state index contributed by atoms with van der Waals surface area (Å²) in [4.78, 5) is 2.26. The lowest BCUT2D eigenvalue weighted by Crippen LogP contribution is -2.47. The number of oxime groups is 1. The Hall–Kier alpha value is -1.75. The quantitative estimate of drug-likeness (QED) is 0.383. The second kappa shape index (κ2) is 6.61. The third-order valence-electron chi connectivity index (χ3n) is 3.88. The molecule has 0 saturated carbocycles. The normalized spacial score (nSPS) is 20.9. The van der Waals surface area contributed by atoms with Gasteiger partial charge in [-0.3, -0.25) is 4.90 Å². The predicted octanol–water partition coefficient (Wildman–Crippen LogP) is 2.10. The summed E-state index contributed by atoms with van der Waals surface area (Å²) in [6, 6.07) is 6.18. The summed E-state index contributed by atoms with van der Waals surface area (Å²) in [5, 5.41) is 12.1. The Morgan fingerprint density at radius 2 is 2.30 bits per heavy atom. The third kappa shape index (κ3) is 3.22. The van der Waals surface area contributed by atoms with Gasteiger partial charge < -0.3 is 15.7 Å². The van der Waals surface area contributed by atoms with Gasteiger partial charge in [0.25, 0.3) is 0 Å². The van der Waals surface area contributed by atoms with E-state index in [-0.39, 0.29) is 6.04 Å². The lowest BCUT2D eigenvalue weighted by Gasteiger charge is -2.35. The van der Waals surface area contributed by atoms with Crippen molar-refractivity contribution in [2.45, 2.75) is 38.8 Å². The van der Waals surface area contributed by atoms with Gasteiger partial charge in [-0.15, -0.1) is 0 Å². The van der Waals surface area contributed by atoms with Crippen LogP contribution in [0.15, 0.2) is 23.4 Å². The highest BCUT2D eigenvalue weighted by atomic mass is 16.5. The Morgan fingerprint density at radius 1 is 1.50 bits per heavy atom. The summed E-state index contributed by atoms with van der Waals surface area (Å²) >= 11 is 0. The van der Waals surface area contributed by atoms with Crippen molar-refractivity contribution in [3.05, 3.63) is 29.3 Å². The van der Waals surface area contributed by atoms with Gasteiger partial charge >= 0.3 is 0 Å². The molecule has 5 heteroatoms. The van der Waals surface area contributed by atoms with E-state index in [0.29, 0.717) is 5.84 Å². The molecule has 1 aromatic carbocycles. The zero-order chi connectivity index (χ0) is 14.5. The Labute approximate surface area is 120 Å². The molecular weight excluding hydrogens is 254 g/mol. The number of methoxy groups -OCH3 is 1. The number of aryl methyl sites for hydroxylation is 1. The SMILES string of the molecule is COc1ccc(C)cc1CN1CCCCC1C(N)=NO. The van der Waals surface area contributed by atoms with Crippen LogP contribution < -0.4 is 10.5 Å². The molecule has 0 amide bonds. The Morgan fingerprint density at radius 3 is 3.00 bits per heavy atom. The first-order chi connectivity index (χ1) is 9.65. The van der Waals surface area contributed by atoms with E-state index in [1.807, 2.05) is 12.1 Å². The highest BCUT2D eigenvalue weighted by molar-refractivity contribution is 5.85. The van der Waals surface area contributed by atoms with Crippen LogP contribution in [0.3, 0.4) is 0 Å². The van der Waals surface area contributed by atoms with Crippen LogP contribution in [-0.4, -0.2) is 35.6 Å². The van der Waals surface area contributed by atoms with E-state index in [4.69, 9.17) is 15.7 Å². The lowest BCUT2D eigenvalue weighted by atomic mass is 9.99. The largest absolute Gasteiger partial charge is 0.496 e.